The molecule has 0 aliphatic carbocycles. The largest absolute Gasteiger partial charge is 0.396 e. The van der Waals surface area contributed by atoms with Crippen molar-refractivity contribution in [1.29, 1.82) is 0 Å². The Kier molecular flexibility index (Phi) is 5.05. The molecule has 1 aliphatic rings. The Morgan fingerprint density at radius 2 is 2.04 bits per heavy atom. The van der Waals surface area contributed by atoms with Gasteiger partial charge in [-0.15, -0.1) is 0 Å². The summed E-state index contributed by atoms with van der Waals surface area (Å²) in [5, 5.41) is 14.8. The lowest BCUT2D eigenvalue weighted by Crippen LogP contribution is -2.21. The van der Waals surface area contributed by atoms with E-state index >= 15 is 0 Å². The van der Waals surface area contributed by atoms with E-state index < -0.39 is 0 Å². The van der Waals surface area contributed by atoms with Crippen LogP contribution < -0.4 is 0 Å². The van der Waals surface area contributed by atoms with Crippen LogP contribution in [0.3, 0.4) is 0 Å². The van der Waals surface area contributed by atoms with E-state index in [4.69, 9.17) is 16.7 Å². The molecular formula is C18H24ClN3O. The smallest absolute Gasteiger partial charge is 0.137 e. The molecule has 23 heavy (non-hydrogen) atoms. The highest BCUT2D eigenvalue weighted by molar-refractivity contribution is 6.30. The maximum absolute atomic E-state index is 9.33. The Hall–Kier alpha value is -1.36. The average Bonchev–Trinajstić information content (AvgIpc) is 3.14. The third kappa shape index (κ3) is 3.44. The Balaban J connectivity index is 1.91. The number of aliphatic hydroxyl groups is 1. The fourth-order valence-electron chi connectivity index (χ4n) is 3.23. The lowest BCUT2D eigenvalue weighted by Gasteiger charge is -2.16. The van der Waals surface area contributed by atoms with Crippen molar-refractivity contribution in [2.75, 3.05) is 19.7 Å². The van der Waals surface area contributed by atoms with Crippen molar-refractivity contribution < 1.29 is 5.11 Å². The predicted octanol–water partition coefficient (Wildman–Crippen LogP) is 3.46. The Morgan fingerprint density at radius 3 is 2.65 bits per heavy atom. The third-order valence-corrected chi connectivity index (χ3v) is 4.90. The lowest BCUT2D eigenvalue weighted by atomic mass is 10.1. The van der Waals surface area contributed by atoms with Gasteiger partial charge in [0.25, 0.3) is 0 Å². The van der Waals surface area contributed by atoms with Crippen LogP contribution >= 0.6 is 11.6 Å². The molecular weight excluding hydrogens is 310 g/mol. The molecule has 0 spiro atoms. The summed E-state index contributed by atoms with van der Waals surface area (Å²) in [5.41, 5.74) is 3.16. The minimum absolute atomic E-state index is 0.268. The number of halogens is 1. The number of likely N-dealkylation sites (tertiary alicyclic amines) is 1. The first-order valence-electron chi connectivity index (χ1n) is 8.26. The summed E-state index contributed by atoms with van der Waals surface area (Å²) in [6, 6.07) is 10.0. The van der Waals surface area contributed by atoms with E-state index in [1.807, 2.05) is 35.0 Å². The summed E-state index contributed by atoms with van der Waals surface area (Å²) in [4.78, 5) is 2.37. The van der Waals surface area contributed by atoms with Gasteiger partial charge in [-0.25, -0.2) is 4.68 Å². The first kappa shape index (κ1) is 16.5. The van der Waals surface area contributed by atoms with Crippen molar-refractivity contribution in [3.8, 4) is 5.69 Å². The minimum Gasteiger partial charge on any atom is -0.396 e. The van der Waals surface area contributed by atoms with Crippen molar-refractivity contribution in [3.05, 3.63) is 46.7 Å². The van der Waals surface area contributed by atoms with Gasteiger partial charge in [0, 0.05) is 25.3 Å². The van der Waals surface area contributed by atoms with Crippen molar-refractivity contribution in [2.24, 2.45) is 5.92 Å². The summed E-state index contributed by atoms with van der Waals surface area (Å²) in [6.45, 7) is 7.31. The number of hydrogen-bond donors (Lipinski definition) is 1. The van der Waals surface area contributed by atoms with Gasteiger partial charge < -0.3 is 5.11 Å². The average molecular weight is 334 g/mol. The molecule has 0 radical (unpaired) electrons. The number of aromatic nitrogens is 2. The topological polar surface area (TPSA) is 41.3 Å². The highest BCUT2D eigenvalue weighted by Gasteiger charge is 2.26. The van der Waals surface area contributed by atoms with E-state index in [1.54, 1.807) is 0 Å². The standard InChI is InChI=1S/C18H24ClN3O/c1-13(2)17-16(11-21-9-8-14(10-21)12-23)18(19)22(20-17)15-6-4-3-5-7-15/h3-7,13-14,23H,8-12H2,1-2H3. The number of benzene rings is 1. The van der Waals surface area contributed by atoms with Gasteiger partial charge in [-0.2, -0.15) is 5.10 Å². The van der Waals surface area contributed by atoms with Crippen LogP contribution in [0.1, 0.15) is 37.4 Å². The SMILES string of the molecule is CC(C)c1nn(-c2ccccc2)c(Cl)c1CN1CCC(CO)C1. The van der Waals surface area contributed by atoms with Gasteiger partial charge in [-0.3, -0.25) is 4.90 Å². The second-order valence-corrected chi connectivity index (χ2v) is 6.99. The number of rotatable bonds is 5. The Morgan fingerprint density at radius 1 is 1.30 bits per heavy atom. The normalized spacial score (nSPS) is 18.9. The molecule has 5 heteroatoms. The van der Waals surface area contributed by atoms with Crippen molar-refractivity contribution in [2.45, 2.75) is 32.7 Å². The van der Waals surface area contributed by atoms with E-state index in [9.17, 15) is 5.11 Å². The molecule has 0 amide bonds. The molecule has 1 N–H and O–H groups in total. The zero-order valence-corrected chi connectivity index (χ0v) is 14.5. The second kappa shape index (κ2) is 7.04. The fourth-order valence-corrected chi connectivity index (χ4v) is 3.52. The highest BCUT2D eigenvalue weighted by Crippen LogP contribution is 2.30. The van der Waals surface area contributed by atoms with Gasteiger partial charge in [0.1, 0.15) is 5.15 Å². The minimum atomic E-state index is 0.268. The monoisotopic (exact) mass is 333 g/mol. The number of para-hydroxylation sites is 1. The Labute approximate surface area is 142 Å². The summed E-state index contributed by atoms with van der Waals surface area (Å²) >= 11 is 6.68. The van der Waals surface area contributed by atoms with Crippen LogP contribution in [0.25, 0.3) is 5.69 Å². The number of hydrogen-bond acceptors (Lipinski definition) is 3. The predicted molar refractivity (Wildman–Crippen MR) is 93.1 cm³/mol. The van der Waals surface area contributed by atoms with Crippen molar-refractivity contribution in [3.63, 3.8) is 0 Å². The van der Waals surface area contributed by atoms with Gasteiger partial charge in [0.15, 0.2) is 0 Å². The summed E-state index contributed by atoms with van der Waals surface area (Å²) in [7, 11) is 0. The lowest BCUT2D eigenvalue weighted by molar-refractivity contribution is 0.220. The molecule has 1 aromatic carbocycles. The van der Waals surface area contributed by atoms with Crippen LogP contribution in [0, 0.1) is 5.92 Å². The highest BCUT2D eigenvalue weighted by atomic mass is 35.5. The maximum atomic E-state index is 9.33. The first-order valence-corrected chi connectivity index (χ1v) is 8.64. The van der Waals surface area contributed by atoms with E-state index in [0.717, 1.165) is 43.0 Å². The van der Waals surface area contributed by atoms with Crippen LogP contribution in [0.2, 0.25) is 5.15 Å². The van der Waals surface area contributed by atoms with Crippen LogP contribution in [0.4, 0.5) is 0 Å². The molecule has 1 fully saturated rings. The summed E-state index contributed by atoms with van der Waals surface area (Å²) in [6.07, 6.45) is 1.05. The second-order valence-electron chi connectivity index (χ2n) is 6.63. The first-order chi connectivity index (χ1) is 11.1. The molecule has 0 bridgehead atoms. The van der Waals surface area contributed by atoms with Gasteiger partial charge in [-0.1, -0.05) is 43.6 Å². The van der Waals surface area contributed by atoms with E-state index in [-0.39, 0.29) is 6.61 Å². The molecule has 2 heterocycles. The van der Waals surface area contributed by atoms with Crippen molar-refractivity contribution >= 4 is 11.6 Å². The van der Waals surface area contributed by atoms with E-state index in [1.165, 1.54) is 0 Å². The Bertz CT molecular complexity index is 654. The molecule has 4 nitrogen and oxygen atoms in total. The molecule has 3 rings (SSSR count). The van der Waals surface area contributed by atoms with Gasteiger partial charge in [0.2, 0.25) is 0 Å². The fraction of sp³-hybridized carbons (Fsp3) is 0.500. The van der Waals surface area contributed by atoms with Gasteiger partial charge >= 0.3 is 0 Å². The zero-order chi connectivity index (χ0) is 16.4. The van der Waals surface area contributed by atoms with Crippen LogP contribution in [0.15, 0.2) is 30.3 Å². The summed E-state index contributed by atoms with van der Waals surface area (Å²) < 4.78 is 1.84. The van der Waals surface area contributed by atoms with Crippen molar-refractivity contribution in [1.82, 2.24) is 14.7 Å². The quantitative estimate of drug-likeness (QED) is 0.911. The molecule has 1 aliphatic heterocycles. The van der Waals surface area contributed by atoms with Crippen LogP contribution in [-0.4, -0.2) is 39.5 Å². The molecule has 1 saturated heterocycles. The number of nitrogens with zero attached hydrogens (tertiary/aromatic N) is 3. The van der Waals surface area contributed by atoms with Gasteiger partial charge in [-0.05, 0) is 36.9 Å². The zero-order valence-electron chi connectivity index (χ0n) is 13.7. The van der Waals surface area contributed by atoms with Gasteiger partial charge in [0.05, 0.1) is 11.4 Å². The van der Waals surface area contributed by atoms with Crippen LogP contribution in [-0.2, 0) is 6.54 Å². The van der Waals surface area contributed by atoms with Crippen LogP contribution in [0.5, 0.6) is 0 Å². The molecule has 1 atom stereocenters. The molecule has 0 saturated carbocycles. The summed E-state index contributed by atoms with van der Waals surface area (Å²) in [5.74, 6) is 0.712. The maximum Gasteiger partial charge on any atom is 0.137 e. The molecule has 2 aromatic rings. The molecule has 1 aromatic heterocycles. The van der Waals surface area contributed by atoms with E-state index in [2.05, 4.69) is 18.7 Å². The number of aliphatic hydroxyl groups excluding tert-OH is 1. The third-order valence-electron chi connectivity index (χ3n) is 4.51. The molecule has 124 valence electrons. The van der Waals surface area contributed by atoms with E-state index in [0.29, 0.717) is 17.0 Å². The molecule has 1 unspecified atom stereocenters.